The Labute approximate surface area is 89.0 Å². The minimum absolute atomic E-state index is 0.507. The second-order valence-electron chi connectivity index (χ2n) is 3.38. The van der Waals surface area contributed by atoms with E-state index in [0.717, 1.165) is 22.6 Å². The molecule has 76 valence electrons. The van der Waals surface area contributed by atoms with E-state index in [4.69, 9.17) is 5.73 Å². The fourth-order valence-corrected chi connectivity index (χ4v) is 1.50. The van der Waals surface area contributed by atoms with Crippen molar-refractivity contribution in [1.82, 2.24) is 9.97 Å². The van der Waals surface area contributed by atoms with Crippen LogP contribution >= 0.6 is 0 Å². The minimum Gasteiger partial charge on any atom is -0.326 e. The largest absolute Gasteiger partial charge is 0.326 e. The number of nitrogens with zero attached hydrogens (tertiary/aromatic N) is 2. The van der Waals surface area contributed by atoms with Crippen LogP contribution in [0.5, 0.6) is 0 Å². The van der Waals surface area contributed by atoms with Gasteiger partial charge in [-0.1, -0.05) is 24.3 Å². The molecule has 0 aliphatic carbocycles. The molecule has 0 saturated heterocycles. The topological polar surface area (TPSA) is 51.8 Å². The zero-order chi connectivity index (χ0) is 10.7. The van der Waals surface area contributed by atoms with Crippen LogP contribution < -0.4 is 5.73 Å². The van der Waals surface area contributed by atoms with E-state index >= 15 is 0 Å². The van der Waals surface area contributed by atoms with E-state index in [1.807, 2.05) is 37.3 Å². The van der Waals surface area contributed by atoms with Crippen LogP contribution in [-0.2, 0) is 6.54 Å². The summed E-state index contributed by atoms with van der Waals surface area (Å²) in [6.07, 6.45) is 1.77. The maximum atomic E-state index is 5.67. The van der Waals surface area contributed by atoms with Crippen LogP contribution in [-0.4, -0.2) is 9.97 Å². The van der Waals surface area contributed by atoms with E-state index in [1.54, 1.807) is 6.20 Å². The van der Waals surface area contributed by atoms with E-state index < -0.39 is 0 Å². The molecular weight excluding hydrogens is 186 g/mol. The molecule has 1 aromatic heterocycles. The van der Waals surface area contributed by atoms with Crippen LogP contribution in [0.25, 0.3) is 11.4 Å². The Hall–Kier alpha value is -1.74. The molecule has 3 heteroatoms. The molecule has 0 fully saturated rings. The Bertz CT molecular complexity index is 466. The van der Waals surface area contributed by atoms with Gasteiger partial charge in [0.15, 0.2) is 5.82 Å². The first kappa shape index (κ1) is 9.80. The molecule has 1 aromatic carbocycles. The number of hydrogen-bond acceptors (Lipinski definition) is 3. The quantitative estimate of drug-likeness (QED) is 0.803. The first-order chi connectivity index (χ1) is 7.31. The highest BCUT2D eigenvalue weighted by Gasteiger charge is 2.05. The molecule has 0 atom stereocenters. The monoisotopic (exact) mass is 199 g/mol. The Balaban J connectivity index is 2.53. The van der Waals surface area contributed by atoms with E-state index in [2.05, 4.69) is 9.97 Å². The molecule has 0 aliphatic rings. The second-order valence-corrected chi connectivity index (χ2v) is 3.38. The van der Waals surface area contributed by atoms with Crippen molar-refractivity contribution in [2.75, 3.05) is 0 Å². The van der Waals surface area contributed by atoms with Gasteiger partial charge in [-0.25, -0.2) is 9.97 Å². The van der Waals surface area contributed by atoms with E-state index in [9.17, 15) is 0 Å². The highest BCUT2D eigenvalue weighted by molar-refractivity contribution is 5.59. The number of nitrogens with two attached hydrogens (primary N) is 1. The maximum Gasteiger partial charge on any atom is 0.159 e. The lowest BCUT2D eigenvalue weighted by molar-refractivity contribution is 1.05. The van der Waals surface area contributed by atoms with E-state index in [1.165, 1.54) is 0 Å². The van der Waals surface area contributed by atoms with Crippen LogP contribution in [0, 0.1) is 6.92 Å². The van der Waals surface area contributed by atoms with Gasteiger partial charge in [-0.2, -0.15) is 0 Å². The summed E-state index contributed by atoms with van der Waals surface area (Å²) in [7, 11) is 0. The van der Waals surface area contributed by atoms with Gasteiger partial charge in [0.05, 0.1) is 0 Å². The van der Waals surface area contributed by atoms with Crippen LogP contribution in [0.2, 0.25) is 0 Å². The van der Waals surface area contributed by atoms with Crippen molar-refractivity contribution >= 4 is 0 Å². The molecule has 0 spiro atoms. The van der Waals surface area contributed by atoms with Gasteiger partial charge in [0.2, 0.25) is 0 Å². The first-order valence-electron chi connectivity index (χ1n) is 4.89. The molecule has 2 rings (SSSR count). The number of aromatic nitrogens is 2. The highest BCUT2D eigenvalue weighted by atomic mass is 14.9. The highest BCUT2D eigenvalue weighted by Crippen LogP contribution is 2.19. The van der Waals surface area contributed by atoms with Crippen molar-refractivity contribution in [1.29, 1.82) is 0 Å². The third-order valence-corrected chi connectivity index (χ3v) is 2.27. The molecule has 2 N–H and O–H groups in total. The third kappa shape index (κ3) is 2.02. The maximum absolute atomic E-state index is 5.67. The van der Waals surface area contributed by atoms with Gasteiger partial charge >= 0.3 is 0 Å². The fourth-order valence-electron chi connectivity index (χ4n) is 1.50. The van der Waals surface area contributed by atoms with Gasteiger partial charge in [0, 0.05) is 24.0 Å². The van der Waals surface area contributed by atoms with Crippen molar-refractivity contribution < 1.29 is 0 Å². The Morgan fingerprint density at radius 1 is 1.20 bits per heavy atom. The Kier molecular flexibility index (Phi) is 2.74. The van der Waals surface area contributed by atoms with Crippen molar-refractivity contribution in [3.8, 4) is 11.4 Å². The van der Waals surface area contributed by atoms with Gasteiger partial charge in [0.1, 0.15) is 0 Å². The normalized spacial score (nSPS) is 10.3. The molecular formula is C12H13N3. The average molecular weight is 199 g/mol. The van der Waals surface area contributed by atoms with Crippen molar-refractivity contribution in [2.45, 2.75) is 13.5 Å². The van der Waals surface area contributed by atoms with Crippen LogP contribution in [0.3, 0.4) is 0 Å². The summed E-state index contributed by atoms with van der Waals surface area (Å²) >= 11 is 0. The smallest absolute Gasteiger partial charge is 0.159 e. The third-order valence-electron chi connectivity index (χ3n) is 2.27. The molecule has 0 saturated carbocycles. The minimum atomic E-state index is 0.507. The first-order valence-corrected chi connectivity index (χ1v) is 4.89. The summed E-state index contributed by atoms with van der Waals surface area (Å²) in [5.41, 5.74) is 8.72. The Morgan fingerprint density at radius 3 is 2.73 bits per heavy atom. The predicted molar refractivity (Wildman–Crippen MR) is 60.1 cm³/mol. The SMILES string of the molecule is Cc1ccnc(-c2ccccc2CN)n1. The lowest BCUT2D eigenvalue weighted by Crippen LogP contribution is -2.00. The summed E-state index contributed by atoms with van der Waals surface area (Å²) in [5, 5.41) is 0. The molecule has 2 aromatic rings. The lowest BCUT2D eigenvalue weighted by Gasteiger charge is -2.05. The van der Waals surface area contributed by atoms with Gasteiger partial charge in [-0.3, -0.25) is 0 Å². The summed E-state index contributed by atoms with van der Waals surface area (Å²) in [5.74, 6) is 0.746. The Morgan fingerprint density at radius 2 is 2.00 bits per heavy atom. The van der Waals surface area contributed by atoms with Crippen molar-refractivity contribution in [3.63, 3.8) is 0 Å². The molecule has 1 heterocycles. The van der Waals surface area contributed by atoms with Crippen LogP contribution in [0.4, 0.5) is 0 Å². The van der Waals surface area contributed by atoms with Gasteiger partial charge < -0.3 is 5.73 Å². The van der Waals surface area contributed by atoms with Gasteiger partial charge in [0.25, 0.3) is 0 Å². The van der Waals surface area contributed by atoms with Crippen LogP contribution in [0.1, 0.15) is 11.3 Å². The molecule has 0 amide bonds. The van der Waals surface area contributed by atoms with E-state index in [0.29, 0.717) is 6.54 Å². The number of aryl methyl sites for hydroxylation is 1. The summed E-state index contributed by atoms with van der Waals surface area (Å²) in [6.45, 7) is 2.46. The summed E-state index contributed by atoms with van der Waals surface area (Å²) in [6, 6.07) is 9.83. The second kappa shape index (κ2) is 4.19. The molecule has 0 radical (unpaired) electrons. The standard InChI is InChI=1S/C12H13N3/c1-9-6-7-14-12(15-9)11-5-3-2-4-10(11)8-13/h2-7H,8,13H2,1H3. The molecule has 3 nitrogen and oxygen atoms in total. The zero-order valence-electron chi connectivity index (χ0n) is 8.64. The molecule has 0 bridgehead atoms. The number of benzene rings is 1. The van der Waals surface area contributed by atoms with Crippen LogP contribution in [0.15, 0.2) is 36.5 Å². The summed E-state index contributed by atoms with van der Waals surface area (Å²) in [4.78, 5) is 8.64. The number of hydrogen-bond donors (Lipinski definition) is 1. The summed E-state index contributed by atoms with van der Waals surface area (Å²) < 4.78 is 0. The molecule has 0 aliphatic heterocycles. The fraction of sp³-hybridized carbons (Fsp3) is 0.167. The van der Waals surface area contributed by atoms with Crippen molar-refractivity contribution in [2.24, 2.45) is 5.73 Å². The zero-order valence-corrected chi connectivity index (χ0v) is 8.64. The van der Waals surface area contributed by atoms with Gasteiger partial charge in [-0.15, -0.1) is 0 Å². The average Bonchev–Trinajstić information content (AvgIpc) is 2.29. The van der Waals surface area contributed by atoms with Gasteiger partial charge in [-0.05, 0) is 18.6 Å². The predicted octanol–water partition coefficient (Wildman–Crippen LogP) is 1.91. The number of rotatable bonds is 2. The lowest BCUT2D eigenvalue weighted by atomic mass is 10.1. The van der Waals surface area contributed by atoms with Crippen molar-refractivity contribution in [3.05, 3.63) is 47.8 Å². The van der Waals surface area contributed by atoms with E-state index in [-0.39, 0.29) is 0 Å². The molecule has 15 heavy (non-hydrogen) atoms. The molecule has 0 unspecified atom stereocenters.